The molecular weight excluding hydrogens is 311 g/mol. The topological polar surface area (TPSA) is 47.6 Å². The second-order valence-corrected chi connectivity index (χ2v) is 4.60. The molecule has 0 aliphatic carbocycles. The summed E-state index contributed by atoms with van der Waals surface area (Å²) >= 11 is 0. The summed E-state index contributed by atoms with van der Waals surface area (Å²) in [6.07, 6.45) is 0.0842. The maximum absolute atomic E-state index is 13.5. The van der Waals surface area contributed by atoms with Gasteiger partial charge in [0.1, 0.15) is 5.75 Å². The van der Waals surface area contributed by atoms with Gasteiger partial charge in [0.2, 0.25) is 5.91 Å². The Morgan fingerprint density at radius 1 is 1.17 bits per heavy atom. The summed E-state index contributed by atoms with van der Waals surface area (Å²) in [5.41, 5.74) is 0.907. The fraction of sp³-hybridized carbons (Fsp3) is 0.188. The molecule has 1 amide bonds. The zero-order chi connectivity index (χ0) is 16.8. The number of nitrogens with one attached hydrogen (secondary N) is 1. The van der Waals surface area contributed by atoms with Gasteiger partial charge in [0.25, 0.3) is 0 Å². The van der Waals surface area contributed by atoms with Gasteiger partial charge in [0.05, 0.1) is 13.5 Å². The van der Waals surface area contributed by atoms with Crippen LogP contribution >= 0.6 is 0 Å². The van der Waals surface area contributed by atoms with E-state index in [1.807, 2.05) is 0 Å². The number of methoxy groups -OCH3 is 1. The molecule has 0 fully saturated rings. The van der Waals surface area contributed by atoms with Crippen molar-refractivity contribution in [1.82, 2.24) is 0 Å². The second kappa shape index (κ2) is 7.53. The molecule has 0 aromatic heterocycles. The van der Waals surface area contributed by atoms with E-state index in [1.54, 1.807) is 24.3 Å². The Balaban J connectivity index is 1.98. The van der Waals surface area contributed by atoms with E-state index < -0.39 is 18.2 Å². The van der Waals surface area contributed by atoms with Crippen molar-refractivity contribution in [3.63, 3.8) is 0 Å². The molecule has 0 saturated heterocycles. The summed E-state index contributed by atoms with van der Waals surface area (Å²) in [6, 6.07) is 10.1. The molecule has 0 heterocycles. The molecular formula is C16H14F3NO3. The van der Waals surface area contributed by atoms with Crippen molar-refractivity contribution >= 4 is 11.6 Å². The Kier molecular flexibility index (Phi) is 5.46. The van der Waals surface area contributed by atoms with E-state index in [2.05, 4.69) is 10.1 Å². The SMILES string of the molecule is COc1ccc(CC(=O)Nc2ccc(OC(F)F)c(F)c2)cc1. The van der Waals surface area contributed by atoms with E-state index in [9.17, 15) is 18.0 Å². The number of alkyl halides is 2. The molecule has 23 heavy (non-hydrogen) atoms. The molecule has 2 aromatic carbocycles. The highest BCUT2D eigenvalue weighted by Crippen LogP contribution is 2.23. The van der Waals surface area contributed by atoms with Crippen LogP contribution < -0.4 is 14.8 Å². The molecule has 7 heteroatoms. The summed E-state index contributed by atoms with van der Waals surface area (Å²) in [5, 5.41) is 2.49. The molecule has 122 valence electrons. The number of rotatable bonds is 6. The van der Waals surface area contributed by atoms with E-state index >= 15 is 0 Å². The van der Waals surface area contributed by atoms with Gasteiger partial charge in [-0.1, -0.05) is 12.1 Å². The highest BCUT2D eigenvalue weighted by molar-refractivity contribution is 5.92. The summed E-state index contributed by atoms with van der Waals surface area (Å²) < 4.78 is 46.6. The van der Waals surface area contributed by atoms with Crippen molar-refractivity contribution in [3.05, 3.63) is 53.8 Å². The molecule has 0 aliphatic rings. The van der Waals surface area contributed by atoms with E-state index in [-0.39, 0.29) is 18.0 Å². The second-order valence-electron chi connectivity index (χ2n) is 4.60. The Labute approximate surface area is 130 Å². The van der Waals surface area contributed by atoms with Crippen LogP contribution in [0.3, 0.4) is 0 Å². The number of hydrogen-bond donors (Lipinski definition) is 1. The van der Waals surface area contributed by atoms with Gasteiger partial charge in [-0.3, -0.25) is 4.79 Å². The monoisotopic (exact) mass is 325 g/mol. The Bertz CT molecular complexity index is 675. The van der Waals surface area contributed by atoms with Gasteiger partial charge in [-0.05, 0) is 29.8 Å². The zero-order valence-electron chi connectivity index (χ0n) is 12.2. The van der Waals surface area contributed by atoms with Crippen LogP contribution in [0.25, 0.3) is 0 Å². The molecule has 1 N–H and O–H groups in total. The van der Waals surface area contributed by atoms with Crippen LogP contribution in [0, 0.1) is 5.82 Å². The molecule has 2 rings (SSSR count). The van der Waals surface area contributed by atoms with Crippen LogP contribution in [0.15, 0.2) is 42.5 Å². The first-order valence-corrected chi connectivity index (χ1v) is 6.65. The number of ether oxygens (including phenoxy) is 2. The summed E-state index contributed by atoms with van der Waals surface area (Å²) in [6.45, 7) is -3.11. The number of anilines is 1. The minimum absolute atomic E-state index is 0.0842. The maximum atomic E-state index is 13.5. The zero-order valence-corrected chi connectivity index (χ0v) is 12.2. The summed E-state index contributed by atoms with van der Waals surface area (Å²) in [5.74, 6) is -1.25. The highest BCUT2D eigenvalue weighted by Gasteiger charge is 2.11. The van der Waals surface area contributed by atoms with Crippen LogP contribution in [0.1, 0.15) is 5.56 Å². The Hall–Kier alpha value is -2.70. The fourth-order valence-corrected chi connectivity index (χ4v) is 1.90. The van der Waals surface area contributed by atoms with Crippen LogP contribution in [-0.4, -0.2) is 19.6 Å². The molecule has 0 radical (unpaired) electrons. The lowest BCUT2D eigenvalue weighted by molar-refractivity contribution is -0.115. The predicted molar refractivity (Wildman–Crippen MR) is 78.4 cm³/mol. The van der Waals surface area contributed by atoms with Crippen molar-refractivity contribution in [2.75, 3.05) is 12.4 Å². The molecule has 0 saturated carbocycles. The minimum Gasteiger partial charge on any atom is -0.497 e. The quantitative estimate of drug-likeness (QED) is 0.882. The lowest BCUT2D eigenvalue weighted by Gasteiger charge is -2.09. The van der Waals surface area contributed by atoms with Crippen molar-refractivity contribution in [2.45, 2.75) is 13.0 Å². The van der Waals surface area contributed by atoms with E-state index in [4.69, 9.17) is 4.74 Å². The van der Waals surface area contributed by atoms with Crippen LogP contribution in [0.2, 0.25) is 0 Å². The molecule has 0 unspecified atom stereocenters. The number of amides is 1. The first-order chi connectivity index (χ1) is 11.0. The summed E-state index contributed by atoms with van der Waals surface area (Å²) in [4.78, 5) is 11.9. The van der Waals surface area contributed by atoms with E-state index in [1.165, 1.54) is 13.2 Å². The van der Waals surface area contributed by atoms with Gasteiger partial charge < -0.3 is 14.8 Å². The standard InChI is InChI=1S/C16H14F3NO3/c1-22-12-5-2-10(3-6-12)8-15(21)20-11-4-7-14(13(17)9-11)23-16(18)19/h2-7,9,16H,8H2,1H3,(H,20,21). The third-order valence-electron chi connectivity index (χ3n) is 2.96. The smallest absolute Gasteiger partial charge is 0.387 e. The largest absolute Gasteiger partial charge is 0.497 e. The molecule has 0 bridgehead atoms. The van der Waals surface area contributed by atoms with Crippen LogP contribution in [0.4, 0.5) is 18.9 Å². The first-order valence-electron chi connectivity index (χ1n) is 6.65. The molecule has 4 nitrogen and oxygen atoms in total. The maximum Gasteiger partial charge on any atom is 0.387 e. The third kappa shape index (κ3) is 4.91. The number of halogens is 3. The first kappa shape index (κ1) is 16.7. The van der Waals surface area contributed by atoms with Crippen molar-refractivity contribution in [1.29, 1.82) is 0 Å². The number of benzene rings is 2. The van der Waals surface area contributed by atoms with Gasteiger partial charge in [-0.25, -0.2) is 4.39 Å². The number of hydrogen-bond acceptors (Lipinski definition) is 3. The number of carbonyl (C=O) groups excluding carboxylic acids is 1. The average Bonchev–Trinajstić information content (AvgIpc) is 2.50. The minimum atomic E-state index is -3.11. The molecule has 2 aromatic rings. The highest BCUT2D eigenvalue weighted by atomic mass is 19.3. The third-order valence-corrected chi connectivity index (χ3v) is 2.96. The van der Waals surface area contributed by atoms with E-state index in [0.29, 0.717) is 5.75 Å². The van der Waals surface area contributed by atoms with Gasteiger partial charge in [0, 0.05) is 11.8 Å². The van der Waals surface area contributed by atoms with E-state index in [0.717, 1.165) is 17.7 Å². The lowest BCUT2D eigenvalue weighted by atomic mass is 10.1. The molecule has 0 spiro atoms. The molecule has 0 atom stereocenters. The normalized spacial score (nSPS) is 10.5. The van der Waals surface area contributed by atoms with Crippen LogP contribution in [0.5, 0.6) is 11.5 Å². The van der Waals surface area contributed by atoms with Crippen molar-refractivity contribution in [2.24, 2.45) is 0 Å². The van der Waals surface area contributed by atoms with Gasteiger partial charge in [0.15, 0.2) is 11.6 Å². The summed E-state index contributed by atoms with van der Waals surface area (Å²) in [7, 11) is 1.54. The van der Waals surface area contributed by atoms with Gasteiger partial charge >= 0.3 is 6.61 Å². The Morgan fingerprint density at radius 3 is 2.43 bits per heavy atom. The van der Waals surface area contributed by atoms with Crippen molar-refractivity contribution < 1.29 is 27.4 Å². The predicted octanol–water partition coefficient (Wildman–Crippen LogP) is 3.62. The Morgan fingerprint density at radius 2 is 1.87 bits per heavy atom. The molecule has 0 aliphatic heterocycles. The van der Waals surface area contributed by atoms with Crippen molar-refractivity contribution in [3.8, 4) is 11.5 Å². The van der Waals surface area contributed by atoms with Crippen LogP contribution in [-0.2, 0) is 11.2 Å². The fourth-order valence-electron chi connectivity index (χ4n) is 1.90. The van der Waals surface area contributed by atoms with Gasteiger partial charge in [-0.15, -0.1) is 0 Å². The number of carbonyl (C=O) groups is 1. The average molecular weight is 325 g/mol. The lowest BCUT2D eigenvalue weighted by Crippen LogP contribution is -2.14. The van der Waals surface area contributed by atoms with Gasteiger partial charge in [-0.2, -0.15) is 8.78 Å².